The zero-order valence-electron chi connectivity index (χ0n) is 15.9. The number of halogens is 1. The van der Waals surface area contributed by atoms with Gasteiger partial charge in [-0.2, -0.15) is 0 Å². The van der Waals surface area contributed by atoms with Crippen LogP contribution in [0.15, 0.2) is 54.6 Å². The lowest BCUT2D eigenvalue weighted by molar-refractivity contribution is -0.125. The molecule has 2 aromatic carbocycles. The van der Waals surface area contributed by atoms with Crippen molar-refractivity contribution in [2.24, 2.45) is 5.92 Å². The Balaban J connectivity index is 1.59. The van der Waals surface area contributed by atoms with Gasteiger partial charge in [-0.3, -0.25) is 9.69 Å². The summed E-state index contributed by atoms with van der Waals surface area (Å²) in [4.78, 5) is 14.7. The SMILES string of the molecule is CC(C)C(NC(=O)CN1CCOC(c2ccc(F)cc2)C1)c1ccccc1. The maximum absolute atomic E-state index is 13.1. The summed E-state index contributed by atoms with van der Waals surface area (Å²) >= 11 is 0. The molecule has 144 valence electrons. The Morgan fingerprint density at radius 1 is 1.19 bits per heavy atom. The number of nitrogens with one attached hydrogen (secondary N) is 1. The quantitative estimate of drug-likeness (QED) is 0.843. The summed E-state index contributed by atoms with van der Waals surface area (Å²) in [6.07, 6.45) is -0.137. The van der Waals surface area contributed by atoms with Crippen molar-refractivity contribution in [1.29, 1.82) is 0 Å². The van der Waals surface area contributed by atoms with Gasteiger partial charge in [0, 0.05) is 13.1 Å². The number of nitrogens with zero attached hydrogens (tertiary/aromatic N) is 1. The van der Waals surface area contributed by atoms with Gasteiger partial charge in [0.05, 0.1) is 25.3 Å². The van der Waals surface area contributed by atoms with Crippen LogP contribution in [0, 0.1) is 11.7 Å². The number of carbonyl (C=O) groups is 1. The first-order valence-electron chi connectivity index (χ1n) is 9.46. The Morgan fingerprint density at radius 2 is 1.89 bits per heavy atom. The lowest BCUT2D eigenvalue weighted by Crippen LogP contribution is -2.45. The van der Waals surface area contributed by atoms with Gasteiger partial charge in [-0.05, 0) is 29.2 Å². The van der Waals surface area contributed by atoms with Crippen LogP contribution in [-0.2, 0) is 9.53 Å². The van der Waals surface area contributed by atoms with E-state index in [2.05, 4.69) is 24.1 Å². The monoisotopic (exact) mass is 370 g/mol. The van der Waals surface area contributed by atoms with Crippen molar-refractivity contribution in [3.05, 3.63) is 71.5 Å². The van der Waals surface area contributed by atoms with E-state index in [1.807, 2.05) is 30.3 Å². The molecule has 27 heavy (non-hydrogen) atoms. The maximum Gasteiger partial charge on any atom is 0.234 e. The van der Waals surface area contributed by atoms with Crippen molar-refractivity contribution >= 4 is 5.91 Å². The van der Waals surface area contributed by atoms with Crippen LogP contribution in [0.25, 0.3) is 0 Å². The smallest absolute Gasteiger partial charge is 0.234 e. The molecule has 2 atom stereocenters. The molecule has 1 aliphatic heterocycles. The third kappa shape index (κ3) is 5.37. The molecule has 1 N–H and O–H groups in total. The highest BCUT2D eigenvalue weighted by Gasteiger charge is 2.25. The molecule has 5 heteroatoms. The van der Waals surface area contributed by atoms with Crippen molar-refractivity contribution in [3.63, 3.8) is 0 Å². The fourth-order valence-corrected chi connectivity index (χ4v) is 3.44. The van der Waals surface area contributed by atoms with Crippen LogP contribution in [-0.4, -0.2) is 37.0 Å². The minimum absolute atomic E-state index is 0.00682. The molecule has 3 rings (SSSR count). The summed E-state index contributed by atoms with van der Waals surface area (Å²) in [5, 5.41) is 3.17. The van der Waals surface area contributed by atoms with E-state index in [1.54, 1.807) is 12.1 Å². The average molecular weight is 370 g/mol. The molecule has 1 saturated heterocycles. The first kappa shape index (κ1) is 19.5. The van der Waals surface area contributed by atoms with Crippen LogP contribution in [0.2, 0.25) is 0 Å². The standard InChI is InChI=1S/C22H27FN2O2/c1-16(2)22(18-6-4-3-5-7-18)24-21(26)15-25-12-13-27-20(14-25)17-8-10-19(23)11-9-17/h3-11,16,20,22H,12-15H2,1-2H3,(H,24,26). The molecule has 0 aliphatic carbocycles. The van der Waals surface area contributed by atoms with Gasteiger partial charge in [0.25, 0.3) is 0 Å². The van der Waals surface area contributed by atoms with Crippen LogP contribution in [0.4, 0.5) is 4.39 Å². The lowest BCUT2D eigenvalue weighted by Gasteiger charge is -2.33. The summed E-state index contributed by atoms with van der Waals surface area (Å²) in [5.41, 5.74) is 2.05. The molecular weight excluding hydrogens is 343 g/mol. The van der Waals surface area contributed by atoms with Gasteiger partial charge in [0.15, 0.2) is 0 Å². The van der Waals surface area contributed by atoms with Gasteiger partial charge in [0.2, 0.25) is 5.91 Å². The van der Waals surface area contributed by atoms with E-state index in [-0.39, 0.29) is 23.9 Å². The number of rotatable bonds is 6. The Morgan fingerprint density at radius 3 is 2.56 bits per heavy atom. The van der Waals surface area contributed by atoms with Crippen molar-refractivity contribution in [2.75, 3.05) is 26.2 Å². The summed E-state index contributed by atoms with van der Waals surface area (Å²) in [6.45, 7) is 6.44. The number of benzene rings is 2. The van der Waals surface area contributed by atoms with Gasteiger partial charge in [-0.15, -0.1) is 0 Å². The highest BCUT2D eigenvalue weighted by Crippen LogP contribution is 2.23. The van der Waals surface area contributed by atoms with Gasteiger partial charge in [0.1, 0.15) is 5.82 Å². The summed E-state index contributed by atoms with van der Waals surface area (Å²) in [7, 11) is 0. The highest BCUT2D eigenvalue weighted by molar-refractivity contribution is 5.78. The molecule has 2 aromatic rings. The van der Waals surface area contributed by atoms with Crippen LogP contribution in [0.1, 0.15) is 37.1 Å². The van der Waals surface area contributed by atoms with Crippen molar-refractivity contribution in [3.8, 4) is 0 Å². The van der Waals surface area contributed by atoms with Gasteiger partial charge in [-0.25, -0.2) is 4.39 Å². The third-order valence-corrected chi connectivity index (χ3v) is 4.90. The van der Waals surface area contributed by atoms with E-state index in [0.717, 1.165) is 11.1 Å². The Kier molecular flexibility index (Phi) is 6.58. The van der Waals surface area contributed by atoms with Crippen LogP contribution in [0.3, 0.4) is 0 Å². The number of hydrogen-bond donors (Lipinski definition) is 1. The summed E-state index contributed by atoms with van der Waals surface area (Å²) < 4.78 is 18.9. The molecule has 2 unspecified atom stereocenters. The van der Waals surface area contributed by atoms with E-state index in [0.29, 0.717) is 32.2 Å². The van der Waals surface area contributed by atoms with E-state index in [9.17, 15) is 9.18 Å². The van der Waals surface area contributed by atoms with Gasteiger partial charge >= 0.3 is 0 Å². The van der Waals surface area contributed by atoms with Crippen LogP contribution >= 0.6 is 0 Å². The van der Waals surface area contributed by atoms with Crippen LogP contribution in [0.5, 0.6) is 0 Å². The third-order valence-electron chi connectivity index (χ3n) is 4.90. The summed E-state index contributed by atoms with van der Waals surface area (Å²) in [5.74, 6) is 0.0525. The number of ether oxygens (including phenoxy) is 1. The number of morpholine rings is 1. The number of amides is 1. The molecule has 0 spiro atoms. The second-order valence-corrected chi connectivity index (χ2v) is 7.35. The van der Waals surface area contributed by atoms with Gasteiger partial charge < -0.3 is 10.1 Å². The molecule has 0 bridgehead atoms. The minimum Gasteiger partial charge on any atom is -0.371 e. The molecule has 0 radical (unpaired) electrons. The van der Waals surface area contributed by atoms with Crippen molar-refractivity contribution in [1.82, 2.24) is 10.2 Å². The van der Waals surface area contributed by atoms with Gasteiger partial charge in [-0.1, -0.05) is 56.3 Å². The van der Waals surface area contributed by atoms with Crippen molar-refractivity contribution < 1.29 is 13.9 Å². The fraction of sp³-hybridized carbons (Fsp3) is 0.409. The first-order chi connectivity index (χ1) is 13.0. The number of hydrogen-bond acceptors (Lipinski definition) is 3. The fourth-order valence-electron chi connectivity index (χ4n) is 3.44. The molecule has 1 aliphatic rings. The van der Waals surface area contributed by atoms with Crippen molar-refractivity contribution in [2.45, 2.75) is 26.0 Å². The molecule has 1 heterocycles. The first-order valence-corrected chi connectivity index (χ1v) is 9.46. The highest BCUT2D eigenvalue weighted by atomic mass is 19.1. The molecule has 4 nitrogen and oxygen atoms in total. The molecule has 1 amide bonds. The number of carbonyl (C=O) groups excluding carboxylic acids is 1. The normalized spacial score (nSPS) is 19.0. The topological polar surface area (TPSA) is 41.6 Å². The lowest BCUT2D eigenvalue weighted by atomic mass is 9.96. The molecule has 0 saturated carbocycles. The average Bonchev–Trinajstić information content (AvgIpc) is 2.67. The summed E-state index contributed by atoms with van der Waals surface area (Å²) in [6, 6.07) is 16.4. The predicted molar refractivity (Wildman–Crippen MR) is 104 cm³/mol. The molecular formula is C22H27FN2O2. The largest absolute Gasteiger partial charge is 0.371 e. The second kappa shape index (κ2) is 9.11. The predicted octanol–water partition coefficient (Wildman–Crippen LogP) is 3.71. The zero-order chi connectivity index (χ0) is 19.2. The van der Waals surface area contributed by atoms with Crippen LogP contribution < -0.4 is 5.32 Å². The minimum atomic E-state index is -0.258. The van der Waals surface area contributed by atoms with E-state index >= 15 is 0 Å². The Hall–Kier alpha value is -2.24. The second-order valence-electron chi connectivity index (χ2n) is 7.35. The van der Waals surface area contributed by atoms with E-state index in [1.165, 1.54) is 12.1 Å². The zero-order valence-corrected chi connectivity index (χ0v) is 15.9. The Bertz CT molecular complexity index is 734. The van der Waals surface area contributed by atoms with E-state index in [4.69, 9.17) is 4.74 Å². The van der Waals surface area contributed by atoms with E-state index < -0.39 is 0 Å². The molecule has 1 fully saturated rings. The maximum atomic E-state index is 13.1. The Labute approximate surface area is 160 Å². The molecule has 0 aromatic heterocycles.